The minimum absolute atomic E-state index is 0.0288. The van der Waals surface area contributed by atoms with Crippen LogP contribution in [-0.2, 0) is 6.61 Å². The summed E-state index contributed by atoms with van der Waals surface area (Å²) in [4.78, 5) is 4.34. The zero-order chi connectivity index (χ0) is 14.1. The fourth-order valence-electron chi connectivity index (χ4n) is 2.08. The van der Waals surface area contributed by atoms with E-state index in [-0.39, 0.29) is 6.04 Å². The van der Waals surface area contributed by atoms with E-state index in [1.165, 1.54) is 0 Å². The van der Waals surface area contributed by atoms with Crippen molar-refractivity contribution >= 4 is 0 Å². The second-order valence-corrected chi connectivity index (χ2v) is 5.43. The van der Waals surface area contributed by atoms with Gasteiger partial charge in [-0.25, -0.2) is 0 Å². The zero-order valence-corrected chi connectivity index (χ0v) is 11.8. The van der Waals surface area contributed by atoms with Gasteiger partial charge in [0.2, 0.25) is 11.7 Å². The van der Waals surface area contributed by atoms with Gasteiger partial charge < -0.3 is 15.0 Å². The molecule has 0 bridgehead atoms. The normalized spacial score (nSPS) is 16.1. The zero-order valence-electron chi connectivity index (χ0n) is 11.8. The molecule has 5 heteroatoms. The number of hydrogen-bond acceptors (Lipinski definition) is 5. The van der Waals surface area contributed by atoms with Crippen LogP contribution >= 0.6 is 0 Å². The van der Waals surface area contributed by atoms with Gasteiger partial charge in [-0.2, -0.15) is 4.98 Å². The van der Waals surface area contributed by atoms with Crippen LogP contribution in [0.2, 0.25) is 0 Å². The Morgan fingerprint density at radius 1 is 1.45 bits per heavy atom. The van der Waals surface area contributed by atoms with E-state index in [1.54, 1.807) is 0 Å². The summed E-state index contributed by atoms with van der Waals surface area (Å²) in [6.07, 6.45) is 2.31. The monoisotopic (exact) mass is 273 g/mol. The van der Waals surface area contributed by atoms with Crippen molar-refractivity contribution in [2.24, 2.45) is 5.73 Å². The lowest BCUT2D eigenvalue weighted by Crippen LogP contribution is -2.06. The summed E-state index contributed by atoms with van der Waals surface area (Å²) in [7, 11) is 0. The van der Waals surface area contributed by atoms with Crippen molar-refractivity contribution < 1.29 is 9.26 Å². The van der Waals surface area contributed by atoms with Gasteiger partial charge in [-0.1, -0.05) is 17.3 Å². The fourth-order valence-corrected chi connectivity index (χ4v) is 2.08. The van der Waals surface area contributed by atoms with Gasteiger partial charge in [0, 0.05) is 12.0 Å². The molecule has 1 heterocycles. The maximum absolute atomic E-state index is 5.86. The molecule has 1 atom stereocenters. The molecule has 0 radical (unpaired) electrons. The van der Waals surface area contributed by atoms with Crippen LogP contribution in [0.5, 0.6) is 5.75 Å². The minimum atomic E-state index is 0.0288. The highest BCUT2D eigenvalue weighted by molar-refractivity contribution is 5.37. The van der Waals surface area contributed by atoms with Crippen molar-refractivity contribution in [1.29, 1.82) is 0 Å². The average molecular weight is 273 g/mol. The van der Waals surface area contributed by atoms with E-state index in [0.29, 0.717) is 18.3 Å². The molecule has 3 rings (SSSR count). The standard InChI is InChI=1S/C15H19N3O2/c1-9-7-12(10(2)16)5-6-13(9)19-8-14-17-15(20-18-14)11-3-4-11/h5-7,10-11H,3-4,8,16H2,1-2H3/t10-/m0/s1. The van der Waals surface area contributed by atoms with Crippen LogP contribution in [0.15, 0.2) is 22.7 Å². The third kappa shape index (κ3) is 2.82. The molecule has 1 aromatic heterocycles. The Kier molecular flexibility index (Phi) is 3.44. The first-order valence-electron chi connectivity index (χ1n) is 6.95. The van der Waals surface area contributed by atoms with Crippen LogP contribution in [0.1, 0.15) is 54.6 Å². The van der Waals surface area contributed by atoms with Gasteiger partial charge >= 0.3 is 0 Å². The number of hydrogen-bond donors (Lipinski definition) is 1. The molecule has 1 aromatic carbocycles. The lowest BCUT2D eigenvalue weighted by atomic mass is 10.1. The van der Waals surface area contributed by atoms with Gasteiger partial charge in [0.1, 0.15) is 5.75 Å². The summed E-state index contributed by atoms with van der Waals surface area (Å²) in [5.74, 6) is 2.64. The summed E-state index contributed by atoms with van der Waals surface area (Å²) >= 11 is 0. The number of benzene rings is 1. The number of aromatic nitrogens is 2. The molecule has 1 aliphatic rings. The van der Waals surface area contributed by atoms with Gasteiger partial charge in [-0.3, -0.25) is 0 Å². The predicted molar refractivity (Wildman–Crippen MR) is 74.4 cm³/mol. The largest absolute Gasteiger partial charge is 0.485 e. The van der Waals surface area contributed by atoms with Crippen LogP contribution in [-0.4, -0.2) is 10.1 Å². The molecule has 1 fully saturated rings. The first kappa shape index (κ1) is 13.1. The van der Waals surface area contributed by atoms with Gasteiger partial charge in [0.15, 0.2) is 6.61 Å². The number of rotatable bonds is 5. The Bertz CT molecular complexity index is 603. The van der Waals surface area contributed by atoms with Crippen molar-refractivity contribution in [3.8, 4) is 5.75 Å². The number of nitrogens with two attached hydrogens (primary N) is 1. The van der Waals surface area contributed by atoms with Crippen molar-refractivity contribution in [3.05, 3.63) is 41.0 Å². The molecular weight excluding hydrogens is 254 g/mol. The first-order valence-corrected chi connectivity index (χ1v) is 6.95. The molecule has 2 aromatic rings. The summed E-state index contributed by atoms with van der Waals surface area (Å²) in [6, 6.07) is 6.00. The van der Waals surface area contributed by atoms with Crippen LogP contribution in [0.4, 0.5) is 0 Å². The van der Waals surface area contributed by atoms with Gasteiger partial charge in [0.25, 0.3) is 0 Å². The van der Waals surface area contributed by atoms with E-state index in [2.05, 4.69) is 10.1 Å². The Hall–Kier alpha value is -1.88. The van der Waals surface area contributed by atoms with Crippen molar-refractivity contribution in [2.45, 2.75) is 45.3 Å². The fraction of sp³-hybridized carbons (Fsp3) is 0.467. The highest BCUT2D eigenvalue weighted by atomic mass is 16.5. The summed E-state index contributed by atoms with van der Waals surface area (Å²) in [6.45, 7) is 4.30. The number of aryl methyl sites for hydroxylation is 1. The van der Waals surface area contributed by atoms with Crippen molar-refractivity contribution in [3.63, 3.8) is 0 Å². The van der Waals surface area contributed by atoms with E-state index in [1.807, 2.05) is 32.0 Å². The number of ether oxygens (including phenoxy) is 1. The average Bonchev–Trinajstić information content (AvgIpc) is 3.17. The third-order valence-corrected chi connectivity index (χ3v) is 3.49. The Morgan fingerprint density at radius 3 is 2.90 bits per heavy atom. The van der Waals surface area contributed by atoms with Crippen LogP contribution in [0.25, 0.3) is 0 Å². The molecule has 0 spiro atoms. The van der Waals surface area contributed by atoms with E-state index in [9.17, 15) is 0 Å². The summed E-state index contributed by atoms with van der Waals surface area (Å²) < 4.78 is 10.9. The molecule has 5 nitrogen and oxygen atoms in total. The third-order valence-electron chi connectivity index (χ3n) is 3.49. The van der Waals surface area contributed by atoms with E-state index >= 15 is 0 Å². The van der Waals surface area contributed by atoms with Gasteiger partial charge in [0.05, 0.1) is 0 Å². The molecular formula is C15H19N3O2. The summed E-state index contributed by atoms with van der Waals surface area (Å²) in [5, 5.41) is 3.94. The summed E-state index contributed by atoms with van der Waals surface area (Å²) in [5.41, 5.74) is 8.02. The topological polar surface area (TPSA) is 74.2 Å². The van der Waals surface area contributed by atoms with Crippen LogP contribution < -0.4 is 10.5 Å². The van der Waals surface area contributed by atoms with Crippen LogP contribution in [0.3, 0.4) is 0 Å². The van der Waals surface area contributed by atoms with E-state index in [4.69, 9.17) is 15.0 Å². The second-order valence-electron chi connectivity index (χ2n) is 5.43. The lowest BCUT2D eigenvalue weighted by molar-refractivity contribution is 0.283. The Balaban J connectivity index is 1.65. The number of nitrogens with zero attached hydrogens (tertiary/aromatic N) is 2. The molecule has 0 amide bonds. The van der Waals surface area contributed by atoms with Crippen molar-refractivity contribution in [1.82, 2.24) is 10.1 Å². The Morgan fingerprint density at radius 2 is 2.25 bits per heavy atom. The Labute approximate surface area is 118 Å². The minimum Gasteiger partial charge on any atom is -0.485 e. The smallest absolute Gasteiger partial charge is 0.229 e. The maximum Gasteiger partial charge on any atom is 0.229 e. The molecule has 0 unspecified atom stereocenters. The van der Waals surface area contributed by atoms with Crippen LogP contribution in [0, 0.1) is 6.92 Å². The lowest BCUT2D eigenvalue weighted by Gasteiger charge is -2.11. The van der Waals surface area contributed by atoms with E-state index in [0.717, 1.165) is 35.6 Å². The van der Waals surface area contributed by atoms with Crippen molar-refractivity contribution in [2.75, 3.05) is 0 Å². The molecule has 106 valence electrons. The molecule has 0 saturated heterocycles. The van der Waals surface area contributed by atoms with Gasteiger partial charge in [-0.05, 0) is 43.9 Å². The first-order chi connectivity index (χ1) is 9.63. The maximum atomic E-state index is 5.86. The molecule has 1 saturated carbocycles. The molecule has 0 aliphatic heterocycles. The molecule has 2 N–H and O–H groups in total. The molecule has 1 aliphatic carbocycles. The second kappa shape index (κ2) is 5.25. The van der Waals surface area contributed by atoms with E-state index < -0.39 is 0 Å². The molecule has 20 heavy (non-hydrogen) atoms. The predicted octanol–water partition coefficient (Wildman–Crippen LogP) is 2.85. The van der Waals surface area contributed by atoms with Gasteiger partial charge in [-0.15, -0.1) is 0 Å². The quantitative estimate of drug-likeness (QED) is 0.906. The SMILES string of the molecule is Cc1cc([C@H](C)N)ccc1OCc1noc(C2CC2)n1. The highest BCUT2D eigenvalue weighted by Crippen LogP contribution is 2.38. The highest BCUT2D eigenvalue weighted by Gasteiger charge is 2.29.